The molecule has 0 spiro atoms. The minimum absolute atomic E-state index is 0.0110. The summed E-state index contributed by atoms with van der Waals surface area (Å²) in [6.45, 7) is 3.74. The van der Waals surface area contributed by atoms with E-state index in [1.165, 1.54) is 23.3 Å². The lowest BCUT2D eigenvalue weighted by Crippen LogP contribution is -2.12. The highest BCUT2D eigenvalue weighted by Crippen LogP contribution is 2.27. The van der Waals surface area contributed by atoms with Gasteiger partial charge in [-0.15, -0.1) is 0 Å². The van der Waals surface area contributed by atoms with Crippen LogP contribution >= 0.6 is 0 Å². The molecular formula is C14H14F2N4O2S. The predicted molar refractivity (Wildman–Crippen MR) is 81.6 cm³/mol. The number of nitrogens with zero attached hydrogens (tertiary/aromatic N) is 2. The van der Waals surface area contributed by atoms with Crippen LogP contribution in [0.3, 0.4) is 0 Å². The fourth-order valence-electron chi connectivity index (χ4n) is 2.15. The van der Waals surface area contributed by atoms with Crippen LogP contribution in [0.25, 0.3) is 10.9 Å². The van der Waals surface area contributed by atoms with Gasteiger partial charge in [0.2, 0.25) is 0 Å². The molecule has 0 aliphatic carbocycles. The third-order valence-electron chi connectivity index (χ3n) is 3.38. The number of H-pyrrole nitrogens is 1. The molecule has 0 fully saturated rings. The van der Waals surface area contributed by atoms with Crippen LogP contribution in [0.5, 0.6) is 0 Å². The molecule has 0 aliphatic heterocycles. The average molecular weight is 340 g/mol. The molecular weight excluding hydrogens is 326 g/mol. The summed E-state index contributed by atoms with van der Waals surface area (Å²) in [4.78, 5) is 2.69. The number of fused-ring (bicyclic) bond motifs is 1. The molecule has 0 aliphatic rings. The van der Waals surface area contributed by atoms with E-state index >= 15 is 0 Å². The highest BCUT2D eigenvalue weighted by molar-refractivity contribution is 7.92. The zero-order chi connectivity index (χ0) is 16.8. The van der Waals surface area contributed by atoms with Crippen LogP contribution in [0.1, 0.15) is 19.9 Å². The molecule has 2 aromatic heterocycles. The number of hydrogen-bond donors (Lipinski definition) is 2. The summed E-state index contributed by atoms with van der Waals surface area (Å²) >= 11 is 0. The number of aromatic nitrogens is 3. The topological polar surface area (TPSA) is 79.8 Å². The maximum atomic E-state index is 13.4. The van der Waals surface area contributed by atoms with Crippen molar-refractivity contribution in [3.63, 3.8) is 0 Å². The summed E-state index contributed by atoms with van der Waals surface area (Å²) < 4.78 is 55.2. The number of benzene rings is 1. The van der Waals surface area contributed by atoms with Crippen molar-refractivity contribution in [3.05, 3.63) is 42.4 Å². The molecule has 0 saturated carbocycles. The van der Waals surface area contributed by atoms with E-state index in [0.717, 1.165) is 12.1 Å². The number of sulfonamides is 1. The number of halogens is 2. The summed E-state index contributed by atoms with van der Waals surface area (Å²) in [7, 11) is -3.88. The zero-order valence-electron chi connectivity index (χ0n) is 12.3. The van der Waals surface area contributed by atoms with Gasteiger partial charge in [-0.2, -0.15) is 5.10 Å². The van der Waals surface area contributed by atoms with Crippen LogP contribution in [0.15, 0.2) is 35.6 Å². The predicted octanol–water partition coefficient (Wildman–Crippen LogP) is 3.02. The first-order valence-electron chi connectivity index (χ1n) is 6.81. The number of aromatic amines is 1. The first kappa shape index (κ1) is 15.5. The lowest BCUT2D eigenvalue weighted by molar-refractivity contribution is 0.511. The van der Waals surface area contributed by atoms with Crippen LogP contribution < -0.4 is 4.72 Å². The van der Waals surface area contributed by atoms with Gasteiger partial charge < -0.3 is 4.98 Å². The van der Waals surface area contributed by atoms with Gasteiger partial charge in [0.1, 0.15) is 4.90 Å². The van der Waals surface area contributed by atoms with Crippen molar-refractivity contribution in [1.82, 2.24) is 14.8 Å². The highest BCUT2D eigenvalue weighted by atomic mass is 32.2. The lowest BCUT2D eigenvalue weighted by Gasteiger charge is -2.06. The maximum Gasteiger partial charge on any atom is 0.265 e. The standard InChI is InChI=1S/C14H14F2N4O2S/c1-8(2)20-7-9(5-18-20)23(21,22)19-14-6-17-13-4-12(16)11(15)3-10(13)14/h3-8,17,19H,1-2H3. The Hall–Kier alpha value is -2.42. The fourth-order valence-corrected chi connectivity index (χ4v) is 3.16. The van der Waals surface area contributed by atoms with Gasteiger partial charge in [-0.1, -0.05) is 0 Å². The van der Waals surface area contributed by atoms with Gasteiger partial charge >= 0.3 is 0 Å². The summed E-state index contributed by atoms with van der Waals surface area (Å²) in [5.41, 5.74) is 0.427. The van der Waals surface area contributed by atoms with E-state index in [4.69, 9.17) is 0 Å². The Balaban J connectivity index is 1.98. The minimum Gasteiger partial charge on any atom is -0.359 e. The molecule has 2 N–H and O–H groups in total. The smallest absolute Gasteiger partial charge is 0.265 e. The Morgan fingerprint density at radius 2 is 1.96 bits per heavy atom. The van der Waals surface area contributed by atoms with E-state index in [2.05, 4.69) is 14.8 Å². The van der Waals surface area contributed by atoms with Gasteiger partial charge in [-0.05, 0) is 19.9 Å². The molecule has 2 heterocycles. The van der Waals surface area contributed by atoms with Crippen LogP contribution in [0.2, 0.25) is 0 Å². The second-order valence-electron chi connectivity index (χ2n) is 5.37. The molecule has 3 aromatic rings. The maximum absolute atomic E-state index is 13.4. The minimum atomic E-state index is -3.88. The van der Waals surface area contributed by atoms with E-state index in [-0.39, 0.29) is 22.0 Å². The first-order chi connectivity index (χ1) is 10.8. The monoisotopic (exact) mass is 340 g/mol. The SMILES string of the molecule is CC(C)n1cc(S(=O)(=O)Nc2c[nH]c3cc(F)c(F)cc23)cn1. The van der Waals surface area contributed by atoms with E-state index in [1.807, 2.05) is 13.8 Å². The number of rotatable bonds is 4. The van der Waals surface area contributed by atoms with Gasteiger partial charge in [0.25, 0.3) is 10.0 Å². The van der Waals surface area contributed by atoms with Crippen LogP contribution in [-0.4, -0.2) is 23.2 Å². The Morgan fingerprint density at radius 3 is 2.61 bits per heavy atom. The fraction of sp³-hybridized carbons (Fsp3) is 0.214. The zero-order valence-corrected chi connectivity index (χ0v) is 13.2. The van der Waals surface area contributed by atoms with E-state index in [9.17, 15) is 17.2 Å². The van der Waals surface area contributed by atoms with Gasteiger partial charge in [0.15, 0.2) is 11.6 Å². The van der Waals surface area contributed by atoms with Gasteiger partial charge in [0, 0.05) is 29.9 Å². The molecule has 0 unspecified atom stereocenters. The Labute approximate surface area is 131 Å². The third-order valence-corrected chi connectivity index (χ3v) is 4.70. The molecule has 0 saturated heterocycles. The largest absolute Gasteiger partial charge is 0.359 e. The Bertz CT molecular complexity index is 976. The van der Waals surface area contributed by atoms with Gasteiger partial charge in [-0.3, -0.25) is 9.40 Å². The van der Waals surface area contributed by atoms with E-state index in [0.29, 0.717) is 5.52 Å². The number of nitrogens with one attached hydrogen (secondary N) is 2. The van der Waals surface area contributed by atoms with Crippen molar-refractivity contribution in [1.29, 1.82) is 0 Å². The Morgan fingerprint density at radius 1 is 1.26 bits per heavy atom. The summed E-state index contributed by atoms with van der Waals surface area (Å²) in [6, 6.07) is 1.93. The van der Waals surface area contributed by atoms with Crippen LogP contribution in [0, 0.1) is 11.6 Å². The molecule has 0 bridgehead atoms. The van der Waals surface area contributed by atoms with Crippen molar-refractivity contribution in [3.8, 4) is 0 Å². The van der Waals surface area contributed by atoms with Crippen molar-refractivity contribution in [2.24, 2.45) is 0 Å². The molecule has 1 aromatic carbocycles. The summed E-state index contributed by atoms with van der Waals surface area (Å²) in [6.07, 6.45) is 3.98. The molecule has 9 heteroatoms. The lowest BCUT2D eigenvalue weighted by atomic mass is 10.2. The average Bonchev–Trinajstić information content (AvgIpc) is 3.08. The van der Waals surface area contributed by atoms with Crippen molar-refractivity contribution >= 4 is 26.6 Å². The van der Waals surface area contributed by atoms with Crippen molar-refractivity contribution in [2.75, 3.05) is 4.72 Å². The summed E-state index contributed by atoms with van der Waals surface area (Å²) in [5, 5.41) is 4.22. The van der Waals surface area contributed by atoms with Gasteiger partial charge in [-0.25, -0.2) is 17.2 Å². The molecule has 0 atom stereocenters. The van der Waals surface area contributed by atoms with E-state index in [1.54, 1.807) is 0 Å². The molecule has 6 nitrogen and oxygen atoms in total. The van der Waals surface area contributed by atoms with Crippen LogP contribution in [0.4, 0.5) is 14.5 Å². The van der Waals surface area contributed by atoms with E-state index < -0.39 is 21.7 Å². The number of hydrogen-bond acceptors (Lipinski definition) is 3. The van der Waals surface area contributed by atoms with Crippen molar-refractivity contribution < 1.29 is 17.2 Å². The van der Waals surface area contributed by atoms with Gasteiger partial charge in [0.05, 0.1) is 17.4 Å². The molecule has 0 amide bonds. The quantitative estimate of drug-likeness (QED) is 0.766. The number of anilines is 1. The summed E-state index contributed by atoms with van der Waals surface area (Å²) in [5.74, 6) is -2.06. The van der Waals surface area contributed by atoms with Crippen molar-refractivity contribution in [2.45, 2.75) is 24.8 Å². The second-order valence-corrected chi connectivity index (χ2v) is 7.05. The molecule has 3 rings (SSSR count). The molecule has 0 radical (unpaired) electrons. The normalized spacial score (nSPS) is 12.2. The molecule has 23 heavy (non-hydrogen) atoms. The van der Waals surface area contributed by atoms with Crippen LogP contribution in [-0.2, 0) is 10.0 Å². The highest BCUT2D eigenvalue weighted by Gasteiger charge is 2.20. The Kier molecular flexibility index (Phi) is 3.59. The molecule has 122 valence electrons. The third kappa shape index (κ3) is 2.79. The first-order valence-corrected chi connectivity index (χ1v) is 8.29. The second kappa shape index (κ2) is 5.34.